The lowest BCUT2D eigenvalue weighted by molar-refractivity contribution is -0.392. The van der Waals surface area contributed by atoms with Gasteiger partial charge in [-0.1, -0.05) is 43.5 Å². The maximum absolute atomic E-state index is 14.4. The van der Waals surface area contributed by atoms with Crippen molar-refractivity contribution in [2.24, 2.45) is 5.92 Å². The molecule has 0 bridgehead atoms. The number of allylic oxidation sites excluding steroid dienone is 3. The van der Waals surface area contributed by atoms with Crippen molar-refractivity contribution < 1.29 is 53.8 Å². The predicted molar refractivity (Wildman–Crippen MR) is 154 cm³/mol. The number of carbonyl (C=O) groups is 1. The van der Waals surface area contributed by atoms with Gasteiger partial charge in [-0.2, -0.15) is 26.3 Å². The topological polar surface area (TPSA) is 47.6 Å². The van der Waals surface area contributed by atoms with Gasteiger partial charge in [-0.15, -0.1) is 11.8 Å². The minimum atomic E-state index is -6.09. The standard InChI is InChI=1S/C32H30F9NO3S/c1-19(33)6-7-20(2)46-29(16-24(17-29)42-28(43)21-12-14-44-15-13-21)22-8-10-23(11-9-22)30(31(36,37)38,32(39,40)41)45-18-25-26(34)4-3-5-27(25)35/h3-11,21,24H,1-2,12-18H2,(H,42,43)/b7-6-. The third-order valence-electron chi connectivity index (χ3n) is 7.98. The molecule has 1 saturated heterocycles. The fourth-order valence-electron chi connectivity index (χ4n) is 5.56. The lowest BCUT2D eigenvalue weighted by Gasteiger charge is -2.48. The molecule has 1 N–H and O–H groups in total. The third kappa shape index (κ3) is 7.49. The fraction of sp³-hybridized carbons (Fsp3) is 0.406. The minimum Gasteiger partial charge on any atom is -0.381 e. The van der Waals surface area contributed by atoms with E-state index in [4.69, 9.17) is 4.74 Å². The number of halogens is 9. The lowest BCUT2D eigenvalue weighted by Crippen LogP contribution is -2.56. The molecule has 46 heavy (non-hydrogen) atoms. The first-order valence-corrected chi connectivity index (χ1v) is 14.9. The zero-order chi connectivity index (χ0) is 33.9. The van der Waals surface area contributed by atoms with E-state index in [2.05, 4.69) is 23.2 Å². The fourth-order valence-corrected chi connectivity index (χ4v) is 7.02. The summed E-state index contributed by atoms with van der Waals surface area (Å²) in [5.74, 6) is -3.94. The summed E-state index contributed by atoms with van der Waals surface area (Å²) in [7, 11) is 0. The molecule has 1 saturated carbocycles. The lowest BCUT2D eigenvalue weighted by atomic mass is 9.74. The Morgan fingerprint density at radius 1 is 0.957 bits per heavy atom. The summed E-state index contributed by atoms with van der Waals surface area (Å²) in [5.41, 5.74) is -7.08. The molecule has 0 spiro atoms. The normalized spacial score (nSPS) is 21.2. The van der Waals surface area contributed by atoms with Gasteiger partial charge in [0.05, 0.1) is 6.61 Å². The molecule has 2 aliphatic rings. The molecule has 2 aromatic rings. The molecule has 2 fully saturated rings. The van der Waals surface area contributed by atoms with Crippen LogP contribution in [0.15, 0.2) is 78.5 Å². The van der Waals surface area contributed by atoms with Crippen molar-refractivity contribution in [1.29, 1.82) is 0 Å². The Hall–Kier alpha value is -3.23. The van der Waals surface area contributed by atoms with Crippen LogP contribution in [0.1, 0.15) is 42.4 Å². The molecule has 0 unspecified atom stereocenters. The van der Waals surface area contributed by atoms with Crippen molar-refractivity contribution >= 4 is 17.7 Å². The van der Waals surface area contributed by atoms with Gasteiger partial charge in [0, 0.05) is 46.0 Å². The molecule has 1 aliphatic heterocycles. The third-order valence-corrected chi connectivity index (χ3v) is 9.34. The van der Waals surface area contributed by atoms with Crippen molar-refractivity contribution in [1.82, 2.24) is 5.32 Å². The number of benzene rings is 2. The molecule has 4 rings (SSSR count). The second-order valence-corrected chi connectivity index (χ2v) is 12.6. The van der Waals surface area contributed by atoms with Crippen LogP contribution >= 0.6 is 11.8 Å². The summed E-state index contributed by atoms with van der Waals surface area (Å²) in [5, 5.41) is 2.94. The number of alkyl halides is 6. The van der Waals surface area contributed by atoms with Crippen LogP contribution in [0.25, 0.3) is 0 Å². The highest BCUT2D eigenvalue weighted by Crippen LogP contribution is 2.57. The summed E-state index contributed by atoms with van der Waals surface area (Å²) in [6, 6.07) is 5.26. The van der Waals surface area contributed by atoms with Gasteiger partial charge in [-0.25, -0.2) is 13.2 Å². The second-order valence-electron chi connectivity index (χ2n) is 11.1. The Kier molecular flexibility index (Phi) is 10.7. The molecule has 0 aromatic heterocycles. The highest BCUT2D eigenvalue weighted by atomic mass is 32.2. The molecular formula is C32H30F9NO3S. The van der Waals surface area contributed by atoms with Gasteiger partial charge in [0.15, 0.2) is 0 Å². The summed E-state index contributed by atoms with van der Waals surface area (Å²) in [6.45, 7) is 6.20. The van der Waals surface area contributed by atoms with Crippen LogP contribution in [0.4, 0.5) is 39.5 Å². The highest BCUT2D eigenvalue weighted by Gasteiger charge is 2.73. The first-order chi connectivity index (χ1) is 21.5. The van der Waals surface area contributed by atoms with E-state index in [0.29, 0.717) is 60.8 Å². The highest BCUT2D eigenvalue weighted by molar-refractivity contribution is 8.04. The predicted octanol–water partition coefficient (Wildman–Crippen LogP) is 8.69. The van der Waals surface area contributed by atoms with Crippen LogP contribution < -0.4 is 5.32 Å². The average molecular weight is 680 g/mol. The Morgan fingerprint density at radius 3 is 2.04 bits per heavy atom. The summed E-state index contributed by atoms with van der Waals surface area (Å²) < 4.78 is 137. The van der Waals surface area contributed by atoms with E-state index in [1.165, 1.54) is 6.08 Å². The first kappa shape index (κ1) is 35.6. The van der Waals surface area contributed by atoms with Crippen LogP contribution in [0, 0.1) is 17.6 Å². The molecule has 250 valence electrons. The van der Waals surface area contributed by atoms with Gasteiger partial charge in [0.2, 0.25) is 5.91 Å². The number of ether oxygens (including phenoxy) is 2. The molecule has 1 aliphatic carbocycles. The van der Waals surface area contributed by atoms with E-state index in [1.807, 2.05) is 0 Å². The van der Waals surface area contributed by atoms with E-state index in [-0.39, 0.29) is 30.7 Å². The molecule has 14 heteroatoms. The van der Waals surface area contributed by atoms with E-state index in [9.17, 15) is 44.3 Å². The van der Waals surface area contributed by atoms with Gasteiger partial charge < -0.3 is 14.8 Å². The minimum absolute atomic E-state index is 0.182. The molecule has 0 radical (unpaired) electrons. The maximum atomic E-state index is 14.4. The number of rotatable bonds is 11. The van der Waals surface area contributed by atoms with Crippen molar-refractivity contribution in [2.45, 2.75) is 61.0 Å². The van der Waals surface area contributed by atoms with Gasteiger partial charge in [-0.05, 0) is 55.5 Å². The number of hydrogen-bond donors (Lipinski definition) is 1. The zero-order valence-corrected chi connectivity index (χ0v) is 25.1. The van der Waals surface area contributed by atoms with Crippen molar-refractivity contribution in [3.05, 3.63) is 107 Å². The van der Waals surface area contributed by atoms with E-state index >= 15 is 0 Å². The Bertz CT molecular complexity index is 1420. The molecular weight excluding hydrogens is 649 g/mol. The molecule has 0 atom stereocenters. The van der Waals surface area contributed by atoms with Crippen LogP contribution in [0.5, 0.6) is 0 Å². The van der Waals surface area contributed by atoms with Crippen LogP contribution in [0.2, 0.25) is 0 Å². The van der Waals surface area contributed by atoms with E-state index < -0.39 is 57.9 Å². The smallest absolute Gasteiger partial charge is 0.381 e. The Balaban J connectivity index is 1.66. The number of amides is 1. The summed E-state index contributed by atoms with van der Waals surface area (Å²) in [4.78, 5) is 13.1. The maximum Gasteiger partial charge on any atom is 0.430 e. The van der Waals surface area contributed by atoms with Gasteiger partial charge in [-0.3, -0.25) is 4.79 Å². The van der Waals surface area contributed by atoms with Crippen LogP contribution in [0.3, 0.4) is 0 Å². The van der Waals surface area contributed by atoms with Crippen molar-refractivity contribution in [2.75, 3.05) is 13.2 Å². The van der Waals surface area contributed by atoms with E-state index in [1.54, 1.807) is 0 Å². The molecule has 2 aromatic carbocycles. The molecule has 1 heterocycles. The van der Waals surface area contributed by atoms with Crippen molar-refractivity contribution in [3.63, 3.8) is 0 Å². The Morgan fingerprint density at radius 2 is 1.52 bits per heavy atom. The SMILES string of the molecule is C=C(F)/C=C\C(=C)SC1(c2ccc(C(OCc3c(F)cccc3F)(C(F)(F)F)C(F)(F)F)cc2)CC(NC(=O)C2CCOCC2)C1. The van der Waals surface area contributed by atoms with Gasteiger partial charge >= 0.3 is 12.4 Å². The van der Waals surface area contributed by atoms with Crippen LogP contribution in [-0.4, -0.2) is 37.5 Å². The number of carbonyl (C=O) groups excluding carboxylic acids is 1. The second kappa shape index (κ2) is 13.9. The number of nitrogens with one attached hydrogen (secondary N) is 1. The number of hydrogen-bond acceptors (Lipinski definition) is 4. The van der Waals surface area contributed by atoms with E-state index in [0.717, 1.165) is 36.0 Å². The molecule has 4 nitrogen and oxygen atoms in total. The van der Waals surface area contributed by atoms with Gasteiger partial charge in [0.25, 0.3) is 5.60 Å². The zero-order valence-electron chi connectivity index (χ0n) is 24.2. The average Bonchev–Trinajstić information content (AvgIpc) is 2.95. The first-order valence-electron chi connectivity index (χ1n) is 14.1. The Labute approximate surface area is 263 Å². The monoisotopic (exact) mass is 679 g/mol. The van der Waals surface area contributed by atoms with Crippen molar-refractivity contribution in [3.8, 4) is 0 Å². The van der Waals surface area contributed by atoms with Gasteiger partial charge in [0.1, 0.15) is 17.5 Å². The summed E-state index contributed by atoms with van der Waals surface area (Å²) in [6.07, 6.45) is -8.25. The quantitative estimate of drug-likeness (QED) is 0.191. The number of thioether (sulfide) groups is 1. The summed E-state index contributed by atoms with van der Waals surface area (Å²) >= 11 is 1.11. The largest absolute Gasteiger partial charge is 0.430 e. The molecule has 1 amide bonds. The van der Waals surface area contributed by atoms with Crippen LogP contribution in [-0.2, 0) is 31.2 Å².